The first-order valence-corrected chi connectivity index (χ1v) is 10.9. The molecule has 2 rings (SSSR count). The third kappa shape index (κ3) is 5.70. The molecule has 0 fully saturated rings. The summed E-state index contributed by atoms with van der Waals surface area (Å²) in [5.74, 6) is 0. The molecule has 26 heavy (non-hydrogen) atoms. The Kier molecular flexibility index (Phi) is 7.88. The highest BCUT2D eigenvalue weighted by atomic mass is 35.5. The van der Waals surface area contributed by atoms with Crippen molar-refractivity contribution in [3.05, 3.63) is 76.8 Å². The Morgan fingerprint density at radius 3 is 2.27 bits per heavy atom. The van der Waals surface area contributed by atoms with Crippen molar-refractivity contribution in [2.24, 2.45) is 0 Å². The monoisotopic (exact) mass is 391 g/mol. The zero-order chi connectivity index (χ0) is 19.0. The predicted octanol–water partition coefficient (Wildman–Crippen LogP) is 5.89. The maximum atomic E-state index is 12.9. The molecule has 0 radical (unpaired) electrons. The van der Waals surface area contributed by atoms with Gasteiger partial charge in [-0.2, -0.15) is 4.72 Å². The first kappa shape index (κ1) is 20.7. The molecule has 0 aliphatic carbocycles. The molecule has 1 atom stereocenters. The minimum Gasteiger partial charge on any atom is -0.207 e. The standard InChI is InChI=1S/C21H26ClNO2S/c1-3-5-10-17(9-4-2)21(18-11-7-6-8-12-18)23-26(24,25)20-15-13-19(22)14-16-20/h6-8,10-16,21,23H,3-5,9H2,1-2H3/b17-10+. The van der Waals surface area contributed by atoms with Gasteiger partial charge in [0.1, 0.15) is 0 Å². The summed E-state index contributed by atoms with van der Waals surface area (Å²) in [6, 6.07) is 15.6. The van der Waals surface area contributed by atoms with Crippen molar-refractivity contribution >= 4 is 21.6 Å². The lowest BCUT2D eigenvalue weighted by molar-refractivity contribution is 0.566. The van der Waals surface area contributed by atoms with Crippen LogP contribution in [0.5, 0.6) is 0 Å². The molecular formula is C21H26ClNO2S. The number of halogens is 1. The normalized spacial score (nSPS) is 13.6. The second kappa shape index (κ2) is 9.91. The van der Waals surface area contributed by atoms with Crippen LogP contribution in [0.1, 0.15) is 51.1 Å². The van der Waals surface area contributed by atoms with E-state index in [0.717, 1.165) is 36.8 Å². The van der Waals surface area contributed by atoms with E-state index in [9.17, 15) is 8.42 Å². The van der Waals surface area contributed by atoms with E-state index in [4.69, 9.17) is 11.6 Å². The lowest BCUT2D eigenvalue weighted by Gasteiger charge is -2.23. The topological polar surface area (TPSA) is 46.2 Å². The van der Waals surface area contributed by atoms with Gasteiger partial charge in [-0.15, -0.1) is 0 Å². The van der Waals surface area contributed by atoms with Gasteiger partial charge >= 0.3 is 0 Å². The molecule has 0 aliphatic rings. The highest BCUT2D eigenvalue weighted by Crippen LogP contribution is 2.28. The molecule has 1 unspecified atom stereocenters. The minimum absolute atomic E-state index is 0.217. The van der Waals surface area contributed by atoms with Gasteiger partial charge in [0.25, 0.3) is 0 Å². The van der Waals surface area contributed by atoms with Crippen molar-refractivity contribution in [2.75, 3.05) is 0 Å². The molecule has 3 nitrogen and oxygen atoms in total. The lowest BCUT2D eigenvalue weighted by Crippen LogP contribution is -2.30. The molecule has 0 saturated carbocycles. The third-order valence-electron chi connectivity index (χ3n) is 4.13. The minimum atomic E-state index is -3.66. The summed E-state index contributed by atoms with van der Waals surface area (Å²) in [5, 5.41) is 0.512. The van der Waals surface area contributed by atoms with Crippen LogP contribution < -0.4 is 4.72 Å². The molecule has 5 heteroatoms. The molecule has 2 aromatic carbocycles. The van der Waals surface area contributed by atoms with Crippen molar-refractivity contribution in [3.63, 3.8) is 0 Å². The third-order valence-corrected chi connectivity index (χ3v) is 5.83. The Labute approximate surface area is 162 Å². The van der Waals surface area contributed by atoms with Gasteiger partial charge in [-0.3, -0.25) is 0 Å². The van der Waals surface area contributed by atoms with E-state index < -0.39 is 10.0 Å². The molecule has 0 aliphatic heterocycles. The van der Waals surface area contributed by atoms with Crippen molar-refractivity contribution in [3.8, 4) is 0 Å². The fourth-order valence-electron chi connectivity index (χ4n) is 2.82. The summed E-state index contributed by atoms with van der Waals surface area (Å²) >= 11 is 5.89. The Hall–Kier alpha value is -1.62. The number of hydrogen-bond donors (Lipinski definition) is 1. The summed E-state index contributed by atoms with van der Waals surface area (Å²) in [6.07, 6.45) is 5.94. The molecular weight excluding hydrogens is 366 g/mol. The van der Waals surface area contributed by atoms with E-state index in [1.807, 2.05) is 30.3 Å². The number of benzene rings is 2. The van der Waals surface area contributed by atoms with Crippen molar-refractivity contribution in [1.29, 1.82) is 0 Å². The van der Waals surface area contributed by atoms with Gasteiger partial charge in [-0.25, -0.2) is 8.42 Å². The van der Waals surface area contributed by atoms with E-state index in [2.05, 4.69) is 24.6 Å². The molecule has 0 bridgehead atoms. The second-order valence-electron chi connectivity index (χ2n) is 6.24. The summed E-state index contributed by atoms with van der Waals surface area (Å²) in [5.41, 5.74) is 2.05. The molecule has 140 valence electrons. The molecule has 0 aromatic heterocycles. The first-order valence-electron chi connectivity index (χ1n) is 8.99. The van der Waals surface area contributed by atoms with Gasteiger partial charge < -0.3 is 0 Å². The van der Waals surface area contributed by atoms with Crippen LogP contribution in [0.2, 0.25) is 5.02 Å². The van der Waals surface area contributed by atoms with Crippen LogP contribution in [0, 0.1) is 0 Å². The molecule has 0 spiro atoms. The predicted molar refractivity (Wildman–Crippen MR) is 109 cm³/mol. The highest BCUT2D eigenvalue weighted by molar-refractivity contribution is 7.89. The van der Waals surface area contributed by atoms with Gasteiger partial charge in [0.15, 0.2) is 0 Å². The van der Waals surface area contributed by atoms with Crippen LogP contribution in [0.3, 0.4) is 0 Å². The van der Waals surface area contributed by atoms with E-state index in [-0.39, 0.29) is 10.9 Å². The number of sulfonamides is 1. The van der Waals surface area contributed by atoms with Crippen LogP contribution in [0.15, 0.2) is 71.1 Å². The van der Waals surface area contributed by atoms with Crippen molar-refractivity contribution < 1.29 is 8.42 Å². The maximum Gasteiger partial charge on any atom is 0.241 e. The Morgan fingerprint density at radius 1 is 1.04 bits per heavy atom. The maximum absolute atomic E-state index is 12.9. The molecule has 0 heterocycles. The Morgan fingerprint density at radius 2 is 1.69 bits per heavy atom. The fourth-order valence-corrected chi connectivity index (χ4v) is 4.18. The van der Waals surface area contributed by atoms with E-state index >= 15 is 0 Å². The van der Waals surface area contributed by atoms with Crippen molar-refractivity contribution in [1.82, 2.24) is 4.72 Å². The fraction of sp³-hybridized carbons (Fsp3) is 0.333. The zero-order valence-corrected chi connectivity index (χ0v) is 16.9. The largest absolute Gasteiger partial charge is 0.241 e. The van der Waals surface area contributed by atoms with Gasteiger partial charge in [0.2, 0.25) is 10.0 Å². The summed E-state index contributed by atoms with van der Waals surface area (Å²) in [4.78, 5) is 0.217. The summed E-state index contributed by atoms with van der Waals surface area (Å²) in [7, 11) is -3.66. The summed E-state index contributed by atoms with van der Waals surface area (Å²) < 4.78 is 28.8. The van der Waals surface area contributed by atoms with Crippen molar-refractivity contribution in [2.45, 2.75) is 50.5 Å². The number of hydrogen-bond acceptors (Lipinski definition) is 2. The Bertz CT molecular complexity index is 815. The smallest absolute Gasteiger partial charge is 0.207 e. The first-order chi connectivity index (χ1) is 12.5. The van der Waals surface area contributed by atoms with Crippen LogP contribution in [-0.2, 0) is 10.0 Å². The second-order valence-corrected chi connectivity index (χ2v) is 8.39. The molecule has 0 saturated heterocycles. The number of nitrogens with one attached hydrogen (secondary N) is 1. The lowest BCUT2D eigenvalue weighted by atomic mass is 9.95. The molecule has 1 N–H and O–H groups in total. The Balaban J connectivity index is 2.42. The van der Waals surface area contributed by atoms with Gasteiger partial charge in [0, 0.05) is 5.02 Å². The SMILES string of the molecule is CCC/C=C(\CCC)C(NS(=O)(=O)c1ccc(Cl)cc1)c1ccccc1. The van der Waals surface area contributed by atoms with Gasteiger partial charge in [-0.1, -0.05) is 80.3 Å². The zero-order valence-electron chi connectivity index (χ0n) is 15.3. The average Bonchev–Trinajstić information content (AvgIpc) is 2.64. The summed E-state index contributed by atoms with van der Waals surface area (Å²) in [6.45, 7) is 4.23. The molecule has 2 aromatic rings. The van der Waals surface area contributed by atoms with Gasteiger partial charge in [0.05, 0.1) is 10.9 Å². The van der Waals surface area contributed by atoms with Crippen LogP contribution >= 0.6 is 11.6 Å². The average molecular weight is 392 g/mol. The van der Waals surface area contributed by atoms with E-state index in [1.165, 1.54) is 12.1 Å². The number of allylic oxidation sites excluding steroid dienone is 1. The van der Waals surface area contributed by atoms with Crippen LogP contribution in [0.4, 0.5) is 0 Å². The van der Waals surface area contributed by atoms with E-state index in [1.54, 1.807) is 12.1 Å². The molecule has 0 amide bonds. The van der Waals surface area contributed by atoms with Gasteiger partial charge in [-0.05, 0) is 42.7 Å². The van der Waals surface area contributed by atoms with Crippen LogP contribution in [-0.4, -0.2) is 8.42 Å². The highest BCUT2D eigenvalue weighted by Gasteiger charge is 2.24. The number of unbranched alkanes of at least 4 members (excludes halogenated alkanes) is 1. The van der Waals surface area contributed by atoms with Crippen LogP contribution in [0.25, 0.3) is 0 Å². The quantitative estimate of drug-likeness (QED) is 0.542. The van der Waals surface area contributed by atoms with E-state index in [0.29, 0.717) is 5.02 Å². The number of rotatable bonds is 9.